The van der Waals surface area contributed by atoms with Crippen LogP contribution in [-0.2, 0) is 4.79 Å². The van der Waals surface area contributed by atoms with Crippen molar-refractivity contribution in [2.45, 2.75) is 0 Å². The van der Waals surface area contributed by atoms with Gasteiger partial charge >= 0.3 is 0 Å². The minimum atomic E-state index is -0.175. The first-order valence-electron chi connectivity index (χ1n) is 7.23. The molecular formula is C17H14N4O2. The highest BCUT2D eigenvalue weighted by Gasteiger charge is 2.29. The van der Waals surface area contributed by atoms with E-state index in [0.717, 1.165) is 28.2 Å². The number of nitrogens with zero attached hydrogens (tertiary/aromatic N) is 3. The Hall–Kier alpha value is -3.15. The van der Waals surface area contributed by atoms with E-state index < -0.39 is 0 Å². The van der Waals surface area contributed by atoms with Crippen molar-refractivity contribution in [3.8, 4) is 5.75 Å². The summed E-state index contributed by atoms with van der Waals surface area (Å²) in [6, 6.07) is 15.6. The maximum Gasteiger partial charge on any atom is 0.261 e. The number of carbonyl (C=O) groups is 1. The molecular weight excluding hydrogens is 292 g/mol. The number of methoxy groups -OCH3 is 1. The van der Waals surface area contributed by atoms with Crippen LogP contribution in [0.25, 0.3) is 0 Å². The van der Waals surface area contributed by atoms with Gasteiger partial charge in [0.1, 0.15) is 12.3 Å². The van der Waals surface area contributed by atoms with Crippen LogP contribution in [-0.4, -0.2) is 36.1 Å². The van der Waals surface area contributed by atoms with E-state index >= 15 is 0 Å². The molecule has 1 N–H and O–H groups in total. The second-order valence-electron chi connectivity index (χ2n) is 5.25. The minimum Gasteiger partial charge on any atom is -0.497 e. The first kappa shape index (κ1) is 13.5. The van der Waals surface area contributed by atoms with Crippen molar-refractivity contribution in [2.75, 3.05) is 13.7 Å². The summed E-state index contributed by atoms with van der Waals surface area (Å²) >= 11 is 0. The lowest BCUT2D eigenvalue weighted by atomic mass is 9.95. The molecule has 2 heterocycles. The highest BCUT2D eigenvalue weighted by molar-refractivity contribution is 6.22. The van der Waals surface area contributed by atoms with Gasteiger partial charge in [-0.3, -0.25) is 4.79 Å². The standard InChI is InChI=1S/C17H14N4O2/c1-23-12-8-6-11(7-9-12)16-13-4-2-3-5-14(13)17-19-18-15(22)10-21(17)20-16/h2-9H,10H2,1H3,(H,18,22). The van der Waals surface area contributed by atoms with E-state index in [1.165, 1.54) is 0 Å². The number of hydrazone groups is 2. The van der Waals surface area contributed by atoms with Crippen molar-refractivity contribution in [2.24, 2.45) is 10.2 Å². The number of amides is 1. The number of hydrogen-bond donors (Lipinski definition) is 1. The van der Waals surface area contributed by atoms with Gasteiger partial charge < -0.3 is 4.74 Å². The number of nitrogens with one attached hydrogen (secondary N) is 1. The van der Waals surface area contributed by atoms with Gasteiger partial charge in [0.05, 0.1) is 12.8 Å². The third kappa shape index (κ3) is 2.24. The van der Waals surface area contributed by atoms with E-state index in [9.17, 15) is 4.79 Å². The summed E-state index contributed by atoms with van der Waals surface area (Å²) in [5.41, 5.74) is 6.23. The lowest BCUT2D eigenvalue weighted by molar-refractivity contribution is -0.122. The number of carbonyl (C=O) groups excluding carboxylic acids is 1. The Morgan fingerprint density at radius 3 is 2.57 bits per heavy atom. The molecule has 4 rings (SSSR count). The largest absolute Gasteiger partial charge is 0.497 e. The van der Waals surface area contributed by atoms with Gasteiger partial charge in [-0.2, -0.15) is 10.2 Å². The van der Waals surface area contributed by atoms with E-state index in [-0.39, 0.29) is 12.5 Å². The molecule has 1 amide bonds. The van der Waals surface area contributed by atoms with Crippen molar-refractivity contribution >= 4 is 17.5 Å². The van der Waals surface area contributed by atoms with Crippen LogP contribution < -0.4 is 10.2 Å². The molecule has 23 heavy (non-hydrogen) atoms. The van der Waals surface area contributed by atoms with Gasteiger partial charge in [0, 0.05) is 16.7 Å². The van der Waals surface area contributed by atoms with Crippen molar-refractivity contribution in [3.05, 3.63) is 65.2 Å². The monoisotopic (exact) mass is 306 g/mol. The topological polar surface area (TPSA) is 66.3 Å². The fraction of sp³-hybridized carbons (Fsp3) is 0.118. The lowest BCUT2D eigenvalue weighted by Gasteiger charge is -2.30. The smallest absolute Gasteiger partial charge is 0.261 e. The molecule has 2 aliphatic heterocycles. The average Bonchev–Trinajstić information content (AvgIpc) is 2.61. The van der Waals surface area contributed by atoms with Gasteiger partial charge in [-0.1, -0.05) is 24.3 Å². The molecule has 0 fully saturated rings. The van der Waals surface area contributed by atoms with Crippen LogP contribution in [0.2, 0.25) is 0 Å². The molecule has 0 saturated carbocycles. The van der Waals surface area contributed by atoms with E-state index in [1.807, 2.05) is 48.5 Å². The third-order valence-corrected chi connectivity index (χ3v) is 3.83. The summed E-state index contributed by atoms with van der Waals surface area (Å²) in [4.78, 5) is 11.6. The molecule has 0 unspecified atom stereocenters. The molecule has 0 spiro atoms. The van der Waals surface area contributed by atoms with Gasteiger partial charge in [-0.25, -0.2) is 10.4 Å². The van der Waals surface area contributed by atoms with Crippen LogP contribution in [0.1, 0.15) is 16.7 Å². The van der Waals surface area contributed by atoms with E-state index in [2.05, 4.69) is 15.6 Å². The van der Waals surface area contributed by atoms with Gasteiger partial charge in [-0.15, -0.1) is 0 Å². The van der Waals surface area contributed by atoms with Crippen LogP contribution in [0, 0.1) is 0 Å². The average molecular weight is 306 g/mol. The Morgan fingerprint density at radius 2 is 1.83 bits per heavy atom. The summed E-state index contributed by atoms with van der Waals surface area (Å²) in [6.45, 7) is 0.160. The molecule has 0 radical (unpaired) electrons. The molecule has 2 aliphatic rings. The molecule has 6 heteroatoms. The van der Waals surface area contributed by atoms with Gasteiger partial charge in [0.15, 0.2) is 5.84 Å². The highest BCUT2D eigenvalue weighted by Crippen LogP contribution is 2.25. The number of rotatable bonds is 2. The molecule has 114 valence electrons. The Kier molecular flexibility index (Phi) is 3.08. The molecule has 0 saturated heterocycles. The van der Waals surface area contributed by atoms with Crippen molar-refractivity contribution in [1.29, 1.82) is 0 Å². The maximum atomic E-state index is 11.6. The molecule has 2 aromatic rings. The van der Waals surface area contributed by atoms with Gasteiger partial charge in [0.2, 0.25) is 0 Å². The van der Waals surface area contributed by atoms with E-state index in [4.69, 9.17) is 4.74 Å². The Balaban J connectivity index is 1.86. The summed E-state index contributed by atoms with van der Waals surface area (Å²) in [5.74, 6) is 1.28. The summed E-state index contributed by atoms with van der Waals surface area (Å²) < 4.78 is 5.20. The number of ether oxygens (including phenoxy) is 1. The van der Waals surface area contributed by atoms with Gasteiger partial charge in [0.25, 0.3) is 5.91 Å². The SMILES string of the molecule is COc1ccc(C2=NN3CC(=O)NN=C3c3ccccc32)cc1. The first-order valence-corrected chi connectivity index (χ1v) is 7.23. The van der Waals surface area contributed by atoms with Crippen LogP contribution in [0.15, 0.2) is 58.7 Å². The van der Waals surface area contributed by atoms with Crippen LogP contribution in [0.4, 0.5) is 0 Å². The Bertz CT molecular complexity index is 840. The summed E-state index contributed by atoms with van der Waals surface area (Å²) in [7, 11) is 1.64. The minimum absolute atomic E-state index is 0.160. The zero-order valence-electron chi connectivity index (χ0n) is 12.5. The predicted molar refractivity (Wildman–Crippen MR) is 86.5 cm³/mol. The van der Waals surface area contributed by atoms with Gasteiger partial charge in [-0.05, 0) is 24.3 Å². The van der Waals surface area contributed by atoms with Crippen LogP contribution in [0.5, 0.6) is 5.75 Å². The second-order valence-corrected chi connectivity index (χ2v) is 5.25. The van der Waals surface area contributed by atoms with Crippen LogP contribution >= 0.6 is 0 Å². The summed E-state index contributed by atoms with van der Waals surface area (Å²) in [5, 5.41) is 10.4. The fourth-order valence-electron chi connectivity index (χ4n) is 2.72. The van der Waals surface area contributed by atoms with Crippen LogP contribution in [0.3, 0.4) is 0 Å². The Morgan fingerprint density at radius 1 is 1.09 bits per heavy atom. The molecule has 0 bridgehead atoms. The number of fused-ring (bicyclic) bond motifs is 3. The molecule has 2 aromatic carbocycles. The highest BCUT2D eigenvalue weighted by atomic mass is 16.5. The summed E-state index contributed by atoms with van der Waals surface area (Å²) in [6.07, 6.45) is 0. The molecule has 0 atom stereocenters. The third-order valence-electron chi connectivity index (χ3n) is 3.83. The van der Waals surface area contributed by atoms with Crippen molar-refractivity contribution in [3.63, 3.8) is 0 Å². The fourth-order valence-corrected chi connectivity index (χ4v) is 2.72. The molecule has 0 aliphatic carbocycles. The predicted octanol–water partition coefficient (Wildman–Crippen LogP) is 1.55. The zero-order chi connectivity index (χ0) is 15.8. The number of hydrogen-bond acceptors (Lipinski definition) is 5. The number of benzene rings is 2. The lowest BCUT2D eigenvalue weighted by Crippen LogP contribution is -2.45. The first-order chi connectivity index (χ1) is 11.3. The molecule has 6 nitrogen and oxygen atoms in total. The van der Waals surface area contributed by atoms with Crippen molar-refractivity contribution < 1.29 is 9.53 Å². The number of amidine groups is 1. The molecule has 0 aromatic heterocycles. The maximum absolute atomic E-state index is 11.6. The quantitative estimate of drug-likeness (QED) is 0.915. The second kappa shape index (κ2) is 5.24. The Labute approximate surface area is 133 Å². The van der Waals surface area contributed by atoms with E-state index in [0.29, 0.717) is 5.84 Å². The van der Waals surface area contributed by atoms with E-state index in [1.54, 1.807) is 12.1 Å². The normalized spacial score (nSPS) is 15.9. The zero-order valence-corrected chi connectivity index (χ0v) is 12.5. The van der Waals surface area contributed by atoms with Crippen molar-refractivity contribution in [1.82, 2.24) is 10.4 Å².